The minimum atomic E-state index is -3.45. The van der Waals surface area contributed by atoms with Crippen LogP contribution in [0, 0.1) is 6.92 Å². The first-order valence-electron chi connectivity index (χ1n) is 5.49. The van der Waals surface area contributed by atoms with Crippen LogP contribution in [0.2, 0.25) is 0 Å². The van der Waals surface area contributed by atoms with Crippen molar-refractivity contribution in [2.24, 2.45) is 0 Å². The summed E-state index contributed by atoms with van der Waals surface area (Å²) in [6.07, 6.45) is 0. The van der Waals surface area contributed by atoms with E-state index in [0.29, 0.717) is 22.5 Å². The van der Waals surface area contributed by atoms with Gasteiger partial charge in [0.25, 0.3) is 0 Å². The maximum atomic E-state index is 11.8. The molecule has 0 bridgehead atoms. The van der Waals surface area contributed by atoms with Crippen molar-refractivity contribution in [3.63, 3.8) is 0 Å². The molecule has 1 aromatic carbocycles. The third-order valence-corrected chi connectivity index (χ3v) is 4.07. The zero-order chi connectivity index (χ0) is 13.8. The molecule has 102 valence electrons. The second-order valence-corrected chi connectivity index (χ2v) is 6.53. The number of ether oxygens (including phenoxy) is 1. The van der Waals surface area contributed by atoms with Crippen molar-refractivity contribution in [1.82, 2.24) is 0 Å². The molecular weight excluding hydrogens is 320 g/mol. The Kier molecular flexibility index (Phi) is 5.43. The van der Waals surface area contributed by atoms with Gasteiger partial charge < -0.3 is 10.5 Å². The molecule has 0 saturated heterocycles. The molecule has 3 N–H and O–H groups in total. The molecular formula is C11H17BrN2O3S. The van der Waals surface area contributed by atoms with Gasteiger partial charge in [-0.2, -0.15) is 0 Å². The Morgan fingerprint density at radius 1 is 1.44 bits per heavy atom. The topological polar surface area (TPSA) is 81.4 Å². The standard InChI is InChI=1S/C11H17BrN2O3S/c1-3-17-4-5-18(15,16)14-11-9(12)6-8(2)7-10(11)13/h6-7,14H,3-5,13H2,1-2H3. The van der Waals surface area contributed by atoms with E-state index in [9.17, 15) is 8.42 Å². The largest absolute Gasteiger partial charge is 0.397 e. The lowest BCUT2D eigenvalue weighted by atomic mass is 10.2. The number of benzene rings is 1. The molecule has 1 rings (SSSR count). The molecule has 0 aliphatic heterocycles. The van der Waals surface area contributed by atoms with E-state index in [-0.39, 0.29) is 12.4 Å². The Morgan fingerprint density at radius 2 is 2.11 bits per heavy atom. The van der Waals surface area contributed by atoms with E-state index in [4.69, 9.17) is 10.5 Å². The van der Waals surface area contributed by atoms with Crippen LogP contribution in [0.3, 0.4) is 0 Å². The first-order chi connectivity index (χ1) is 8.35. The number of aryl methyl sites for hydroxylation is 1. The molecule has 5 nitrogen and oxygen atoms in total. The Morgan fingerprint density at radius 3 is 2.67 bits per heavy atom. The summed E-state index contributed by atoms with van der Waals surface area (Å²) >= 11 is 3.29. The number of sulfonamides is 1. The second kappa shape index (κ2) is 6.40. The number of nitrogen functional groups attached to an aromatic ring is 1. The summed E-state index contributed by atoms with van der Waals surface area (Å²) in [5.41, 5.74) is 7.51. The van der Waals surface area contributed by atoms with Gasteiger partial charge in [0.2, 0.25) is 10.0 Å². The minimum Gasteiger partial charge on any atom is -0.397 e. The number of hydrogen-bond donors (Lipinski definition) is 2. The van der Waals surface area contributed by atoms with Crippen molar-refractivity contribution < 1.29 is 13.2 Å². The van der Waals surface area contributed by atoms with Gasteiger partial charge in [-0.15, -0.1) is 0 Å². The van der Waals surface area contributed by atoms with Crippen LogP contribution in [0.15, 0.2) is 16.6 Å². The fourth-order valence-electron chi connectivity index (χ4n) is 1.40. The second-order valence-electron chi connectivity index (χ2n) is 3.83. The van der Waals surface area contributed by atoms with Gasteiger partial charge in [-0.3, -0.25) is 4.72 Å². The number of halogens is 1. The molecule has 0 radical (unpaired) electrons. The van der Waals surface area contributed by atoms with E-state index in [1.807, 2.05) is 13.8 Å². The average molecular weight is 337 g/mol. The van der Waals surface area contributed by atoms with Gasteiger partial charge in [-0.25, -0.2) is 8.42 Å². The van der Waals surface area contributed by atoms with E-state index in [2.05, 4.69) is 20.7 Å². The summed E-state index contributed by atoms with van der Waals surface area (Å²) in [5, 5.41) is 0. The molecule has 0 atom stereocenters. The summed E-state index contributed by atoms with van der Waals surface area (Å²) in [6.45, 7) is 4.35. The van der Waals surface area contributed by atoms with E-state index >= 15 is 0 Å². The average Bonchev–Trinajstić information content (AvgIpc) is 2.23. The molecule has 0 aliphatic rings. The molecule has 0 heterocycles. The van der Waals surface area contributed by atoms with E-state index in [0.717, 1.165) is 5.56 Å². The molecule has 7 heteroatoms. The van der Waals surface area contributed by atoms with Gasteiger partial charge in [-0.05, 0) is 47.5 Å². The van der Waals surface area contributed by atoms with Crippen molar-refractivity contribution in [2.45, 2.75) is 13.8 Å². The molecule has 1 aromatic rings. The SMILES string of the molecule is CCOCCS(=O)(=O)Nc1c(N)cc(C)cc1Br. The predicted molar refractivity (Wildman–Crippen MR) is 77.2 cm³/mol. The summed E-state index contributed by atoms with van der Waals surface area (Å²) in [4.78, 5) is 0. The highest BCUT2D eigenvalue weighted by atomic mass is 79.9. The Balaban J connectivity index is 2.84. The first kappa shape index (κ1) is 15.3. The lowest BCUT2D eigenvalue weighted by molar-refractivity contribution is 0.163. The number of nitrogens with two attached hydrogens (primary N) is 1. The van der Waals surface area contributed by atoms with Gasteiger partial charge in [0.1, 0.15) is 0 Å². The third-order valence-electron chi connectivity index (χ3n) is 2.22. The van der Waals surface area contributed by atoms with Crippen LogP contribution in [0.1, 0.15) is 12.5 Å². The molecule has 18 heavy (non-hydrogen) atoms. The molecule has 0 spiro atoms. The molecule has 0 aliphatic carbocycles. The highest BCUT2D eigenvalue weighted by molar-refractivity contribution is 9.10. The normalized spacial score (nSPS) is 11.5. The summed E-state index contributed by atoms with van der Waals surface area (Å²) < 4.78 is 31.7. The van der Waals surface area contributed by atoms with Crippen molar-refractivity contribution >= 4 is 37.3 Å². The Labute approximate surface area is 116 Å². The van der Waals surface area contributed by atoms with Gasteiger partial charge >= 0.3 is 0 Å². The zero-order valence-corrected chi connectivity index (χ0v) is 12.8. The van der Waals surface area contributed by atoms with Crippen LogP contribution in [0.25, 0.3) is 0 Å². The third kappa shape index (κ3) is 4.47. The zero-order valence-electron chi connectivity index (χ0n) is 10.4. The van der Waals surface area contributed by atoms with Crippen molar-refractivity contribution in [3.8, 4) is 0 Å². The fourth-order valence-corrected chi connectivity index (χ4v) is 3.19. The summed E-state index contributed by atoms with van der Waals surface area (Å²) in [6, 6.07) is 3.52. The number of nitrogens with one attached hydrogen (secondary N) is 1. The van der Waals surface area contributed by atoms with Crippen molar-refractivity contribution in [1.29, 1.82) is 0 Å². The quantitative estimate of drug-likeness (QED) is 0.615. The smallest absolute Gasteiger partial charge is 0.235 e. The van der Waals surface area contributed by atoms with Crippen LogP contribution in [-0.2, 0) is 14.8 Å². The van der Waals surface area contributed by atoms with E-state index < -0.39 is 10.0 Å². The number of rotatable bonds is 6. The van der Waals surface area contributed by atoms with E-state index in [1.54, 1.807) is 12.1 Å². The first-order valence-corrected chi connectivity index (χ1v) is 7.94. The van der Waals surface area contributed by atoms with Gasteiger partial charge in [0.05, 0.1) is 23.7 Å². The summed E-state index contributed by atoms with van der Waals surface area (Å²) in [7, 11) is -3.45. The van der Waals surface area contributed by atoms with Gasteiger partial charge in [-0.1, -0.05) is 0 Å². The minimum absolute atomic E-state index is 0.0966. The highest BCUT2D eigenvalue weighted by Gasteiger charge is 2.14. The monoisotopic (exact) mass is 336 g/mol. The van der Waals surface area contributed by atoms with Crippen molar-refractivity contribution in [2.75, 3.05) is 29.4 Å². The van der Waals surface area contributed by atoms with Crippen LogP contribution in [0.4, 0.5) is 11.4 Å². The van der Waals surface area contributed by atoms with Crippen molar-refractivity contribution in [3.05, 3.63) is 22.2 Å². The van der Waals surface area contributed by atoms with Gasteiger partial charge in [0, 0.05) is 11.1 Å². The maximum Gasteiger partial charge on any atom is 0.235 e. The fraction of sp³-hybridized carbons (Fsp3) is 0.455. The molecule has 0 saturated carbocycles. The Bertz CT molecular complexity index is 494. The molecule has 0 fully saturated rings. The maximum absolute atomic E-state index is 11.8. The molecule has 0 aromatic heterocycles. The van der Waals surface area contributed by atoms with Crippen LogP contribution in [0.5, 0.6) is 0 Å². The Hall–Kier alpha value is -0.790. The predicted octanol–water partition coefficient (Wildman–Crippen LogP) is 2.12. The number of hydrogen-bond acceptors (Lipinski definition) is 4. The molecule has 0 amide bonds. The highest BCUT2D eigenvalue weighted by Crippen LogP contribution is 2.30. The van der Waals surface area contributed by atoms with Crippen LogP contribution >= 0.6 is 15.9 Å². The summed E-state index contributed by atoms with van der Waals surface area (Å²) in [5.74, 6) is -0.0966. The molecule has 0 unspecified atom stereocenters. The van der Waals surface area contributed by atoms with Crippen LogP contribution < -0.4 is 10.5 Å². The number of anilines is 2. The van der Waals surface area contributed by atoms with Crippen LogP contribution in [-0.4, -0.2) is 27.4 Å². The lowest BCUT2D eigenvalue weighted by Crippen LogP contribution is -2.21. The van der Waals surface area contributed by atoms with E-state index in [1.165, 1.54) is 0 Å². The van der Waals surface area contributed by atoms with Gasteiger partial charge in [0.15, 0.2) is 0 Å². The lowest BCUT2D eigenvalue weighted by Gasteiger charge is -2.13.